The second-order valence-corrected chi connectivity index (χ2v) is 8.25. The normalized spacial score (nSPS) is 11.8. The highest BCUT2D eigenvalue weighted by Gasteiger charge is 2.17. The fraction of sp³-hybridized carbons (Fsp3) is 0.320. The molecular weight excluding hydrogens is 446 g/mol. The van der Waals surface area contributed by atoms with E-state index >= 15 is 0 Å². The molecule has 1 heterocycles. The summed E-state index contributed by atoms with van der Waals surface area (Å²) in [4.78, 5) is 35.9. The van der Waals surface area contributed by atoms with Gasteiger partial charge in [0, 0.05) is 22.0 Å². The Morgan fingerprint density at radius 2 is 1.91 bits per heavy atom. The summed E-state index contributed by atoms with van der Waals surface area (Å²) in [5.41, 5.74) is 2.17. The summed E-state index contributed by atoms with van der Waals surface area (Å²) in [6, 6.07) is 10.4. The minimum atomic E-state index is -1.40. The second kappa shape index (κ2) is 11.0. The zero-order valence-electron chi connectivity index (χ0n) is 18.5. The third-order valence-corrected chi connectivity index (χ3v) is 5.58. The van der Waals surface area contributed by atoms with E-state index in [4.69, 9.17) is 20.8 Å². The minimum Gasteiger partial charge on any atom is -0.548 e. The molecule has 0 saturated heterocycles. The van der Waals surface area contributed by atoms with Gasteiger partial charge in [-0.25, -0.2) is 4.79 Å². The first-order valence-electron chi connectivity index (χ1n) is 10.7. The molecule has 0 fully saturated rings. The van der Waals surface area contributed by atoms with Crippen molar-refractivity contribution in [2.24, 2.45) is 0 Å². The number of ether oxygens (including phenoxy) is 1. The van der Waals surface area contributed by atoms with E-state index in [2.05, 4.69) is 12.2 Å². The van der Waals surface area contributed by atoms with Gasteiger partial charge in [-0.1, -0.05) is 37.1 Å². The molecule has 3 rings (SSSR count). The number of carbonyl (C=O) groups excluding carboxylic acids is 2. The van der Waals surface area contributed by atoms with Crippen LogP contribution in [0.1, 0.15) is 36.5 Å². The molecule has 0 aliphatic heterocycles. The number of aryl methyl sites for hydroxylation is 2. The van der Waals surface area contributed by atoms with Gasteiger partial charge in [-0.15, -0.1) is 0 Å². The molecule has 1 amide bonds. The summed E-state index contributed by atoms with van der Waals surface area (Å²) >= 11 is 5.84. The number of carbonyl (C=O) groups is 2. The Hall–Kier alpha value is -3.32. The van der Waals surface area contributed by atoms with Crippen molar-refractivity contribution in [3.63, 3.8) is 0 Å². The third-order valence-electron chi connectivity index (χ3n) is 5.33. The quantitative estimate of drug-likeness (QED) is 0.456. The predicted molar refractivity (Wildman–Crippen MR) is 123 cm³/mol. The standard InChI is InChI=1S/C25H26ClNO6/c1-3-4-5-17-13-23(29)33-24-15(2)21(11-10-19(17)24)32-14-22(28)27-20(25(30)31)12-16-6-8-18(26)9-7-16/h6-11,13,20H,3-5,12,14H2,1-2H3,(H,27,28)(H,30,31)/p-1/t20-/m1/s1. The van der Waals surface area contributed by atoms with Gasteiger partial charge in [0.15, 0.2) is 6.61 Å². The van der Waals surface area contributed by atoms with Crippen molar-refractivity contribution < 1.29 is 23.8 Å². The maximum Gasteiger partial charge on any atom is 0.336 e. The van der Waals surface area contributed by atoms with Crippen LogP contribution in [-0.2, 0) is 22.4 Å². The van der Waals surface area contributed by atoms with Crippen molar-refractivity contribution in [1.82, 2.24) is 5.32 Å². The number of hydrogen-bond donors (Lipinski definition) is 1. The lowest BCUT2D eigenvalue weighted by Gasteiger charge is -2.20. The summed E-state index contributed by atoms with van der Waals surface area (Å²) in [5, 5.41) is 15.3. The number of halogens is 1. The Morgan fingerprint density at radius 3 is 2.58 bits per heavy atom. The first kappa shape index (κ1) is 24.3. The van der Waals surface area contributed by atoms with Crippen molar-refractivity contribution in [2.45, 2.75) is 45.6 Å². The molecule has 8 heteroatoms. The SMILES string of the molecule is CCCCc1cc(=O)oc2c(C)c(OCC(=O)N[C@H](Cc3ccc(Cl)cc3)C(=O)[O-])ccc12. The van der Waals surface area contributed by atoms with Crippen LogP contribution in [0.5, 0.6) is 5.75 Å². The number of benzene rings is 2. The van der Waals surface area contributed by atoms with Crippen LogP contribution in [-0.4, -0.2) is 24.5 Å². The van der Waals surface area contributed by atoms with E-state index in [9.17, 15) is 19.5 Å². The minimum absolute atomic E-state index is 0.0476. The number of amides is 1. The number of hydrogen-bond acceptors (Lipinski definition) is 6. The van der Waals surface area contributed by atoms with Crippen LogP contribution < -0.4 is 20.8 Å². The molecule has 0 unspecified atom stereocenters. The molecule has 1 atom stereocenters. The Labute approximate surface area is 196 Å². The van der Waals surface area contributed by atoms with Crippen molar-refractivity contribution in [1.29, 1.82) is 0 Å². The molecule has 0 aliphatic carbocycles. The van der Waals surface area contributed by atoms with Crippen LogP contribution in [0, 0.1) is 6.92 Å². The van der Waals surface area contributed by atoms with Gasteiger partial charge in [-0.3, -0.25) is 4.79 Å². The lowest BCUT2D eigenvalue weighted by atomic mass is 10.0. The second-order valence-electron chi connectivity index (χ2n) is 7.82. The van der Waals surface area contributed by atoms with Crippen LogP contribution in [0.15, 0.2) is 51.7 Å². The van der Waals surface area contributed by atoms with Gasteiger partial charge >= 0.3 is 5.63 Å². The lowest BCUT2D eigenvalue weighted by Crippen LogP contribution is -2.50. The fourth-order valence-corrected chi connectivity index (χ4v) is 3.69. The molecule has 174 valence electrons. The third kappa shape index (κ3) is 6.35. The summed E-state index contributed by atoms with van der Waals surface area (Å²) in [5.74, 6) is -1.64. The van der Waals surface area contributed by atoms with E-state index < -0.39 is 30.2 Å². The molecule has 0 radical (unpaired) electrons. The van der Waals surface area contributed by atoms with Crippen LogP contribution in [0.25, 0.3) is 11.0 Å². The number of carboxylic acids is 1. The number of aliphatic carboxylic acids is 1. The predicted octanol–water partition coefficient (Wildman–Crippen LogP) is 2.95. The highest BCUT2D eigenvalue weighted by atomic mass is 35.5. The zero-order chi connectivity index (χ0) is 24.0. The molecule has 33 heavy (non-hydrogen) atoms. The molecule has 2 aromatic carbocycles. The zero-order valence-corrected chi connectivity index (χ0v) is 19.2. The number of fused-ring (bicyclic) bond motifs is 1. The summed E-state index contributed by atoms with van der Waals surface area (Å²) < 4.78 is 11.0. The van der Waals surface area contributed by atoms with Crippen molar-refractivity contribution >= 4 is 34.4 Å². The average Bonchev–Trinajstić information content (AvgIpc) is 2.78. The fourth-order valence-electron chi connectivity index (χ4n) is 3.57. The Bertz CT molecular complexity index is 1200. The first-order chi connectivity index (χ1) is 15.8. The highest BCUT2D eigenvalue weighted by Crippen LogP contribution is 2.29. The molecule has 7 nitrogen and oxygen atoms in total. The highest BCUT2D eigenvalue weighted by molar-refractivity contribution is 6.30. The summed E-state index contributed by atoms with van der Waals surface area (Å²) in [6.45, 7) is 3.42. The van der Waals surface area contributed by atoms with E-state index in [1.54, 1.807) is 43.3 Å². The topological polar surface area (TPSA) is 109 Å². The van der Waals surface area contributed by atoms with Crippen LogP contribution in [0.2, 0.25) is 5.02 Å². The molecule has 0 bridgehead atoms. The first-order valence-corrected chi connectivity index (χ1v) is 11.1. The van der Waals surface area contributed by atoms with Crippen LogP contribution in [0.3, 0.4) is 0 Å². The molecule has 0 spiro atoms. The van der Waals surface area contributed by atoms with Gasteiger partial charge < -0.3 is 24.4 Å². The van der Waals surface area contributed by atoms with E-state index in [0.717, 1.165) is 30.2 Å². The summed E-state index contributed by atoms with van der Waals surface area (Å²) in [7, 11) is 0. The van der Waals surface area contributed by atoms with E-state index in [1.807, 2.05) is 0 Å². The number of rotatable bonds is 10. The van der Waals surface area contributed by atoms with Gasteiger partial charge in [0.1, 0.15) is 11.3 Å². The number of nitrogens with one attached hydrogen (secondary N) is 1. The van der Waals surface area contributed by atoms with E-state index in [1.165, 1.54) is 6.07 Å². The number of unbranched alkanes of at least 4 members (excludes halogenated alkanes) is 1. The largest absolute Gasteiger partial charge is 0.548 e. The smallest absolute Gasteiger partial charge is 0.336 e. The van der Waals surface area contributed by atoms with Crippen molar-refractivity contribution in [3.8, 4) is 5.75 Å². The average molecular weight is 471 g/mol. The molecule has 1 aromatic heterocycles. The molecular formula is C25H25ClNO6-. The Morgan fingerprint density at radius 1 is 1.18 bits per heavy atom. The molecule has 1 N–H and O–H groups in total. The van der Waals surface area contributed by atoms with E-state index in [-0.39, 0.29) is 6.42 Å². The lowest BCUT2D eigenvalue weighted by molar-refractivity contribution is -0.308. The van der Waals surface area contributed by atoms with Gasteiger partial charge in [0.05, 0.1) is 12.0 Å². The Kier molecular flexibility index (Phi) is 8.11. The van der Waals surface area contributed by atoms with E-state index in [0.29, 0.717) is 27.5 Å². The molecule has 3 aromatic rings. The maximum absolute atomic E-state index is 12.4. The van der Waals surface area contributed by atoms with Gasteiger partial charge in [-0.2, -0.15) is 0 Å². The monoisotopic (exact) mass is 470 g/mol. The van der Waals surface area contributed by atoms with Gasteiger partial charge in [0.2, 0.25) is 0 Å². The van der Waals surface area contributed by atoms with Crippen LogP contribution >= 0.6 is 11.6 Å². The van der Waals surface area contributed by atoms with Crippen molar-refractivity contribution in [2.75, 3.05) is 6.61 Å². The van der Waals surface area contributed by atoms with Crippen LogP contribution in [0.4, 0.5) is 0 Å². The number of carboxylic acid groups (broad SMARTS) is 1. The molecule has 0 aliphatic rings. The Balaban J connectivity index is 1.70. The maximum atomic E-state index is 12.4. The summed E-state index contributed by atoms with van der Waals surface area (Å²) in [6.07, 6.45) is 2.76. The van der Waals surface area contributed by atoms with Gasteiger partial charge in [-0.05, 0) is 61.6 Å². The van der Waals surface area contributed by atoms with Gasteiger partial charge in [0.25, 0.3) is 5.91 Å². The van der Waals surface area contributed by atoms with Crippen molar-refractivity contribution in [3.05, 3.63) is 74.6 Å². The molecule has 0 saturated carbocycles.